The lowest BCUT2D eigenvalue weighted by Gasteiger charge is -2.36. The van der Waals surface area contributed by atoms with Gasteiger partial charge in [0.2, 0.25) is 5.91 Å². The van der Waals surface area contributed by atoms with E-state index in [0.29, 0.717) is 5.75 Å². The number of carbonyl (C=O) groups excluding carboxylic acids is 2. The highest BCUT2D eigenvalue weighted by Gasteiger charge is 2.38. The maximum atomic E-state index is 13.4. The van der Waals surface area contributed by atoms with E-state index in [4.69, 9.17) is 4.74 Å². The molecule has 1 amide bonds. The fraction of sp³-hybridized carbons (Fsp3) is 0.212. The van der Waals surface area contributed by atoms with Crippen LogP contribution in [0.3, 0.4) is 0 Å². The van der Waals surface area contributed by atoms with Crippen molar-refractivity contribution in [1.29, 1.82) is 0 Å². The van der Waals surface area contributed by atoms with Gasteiger partial charge in [-0.1, -0.05) is 121 Å². The number of hydrogen-bond acceptors (Lipinski definition) is 5. The van der Waals surface area contributed by atoms with Crippen molar-refractivity contribution in [3.63, 3.8) is 0 Å². The van der Waals surface area contributed by atoms with Crippen molar-refractivity contribution in [3.8, 4) is 0 Å². The quantitative estimate of drug-likeness (QED) is 0.191. The Bertz CT molecular complexity index is 1220. The Morgan fingerprint density at radius 3 is 1.62 bits per heavy atom. The van der Waals surface area contributed by atoms with Gasteiger partial charge in [-0.25, -0.2) is 4.79 Å². The van der Waals surface area contributed by atoms with Gasteiger partial charge in [-0.15, -0.1) is 11.8 Å². The van der Waals surface area contributed by atoms with E-state index >= 15 is 0 Å². The molecule has 0 heterocycles. The molecule has 6 heteroatoms. The number of amides is 1. The first kappa shape index (κ1) is 28.1. The van der Waals surface area contributed by atoms with Crippen LogP contribution in [0.1, 0.15) is 22.3 Å². The van der Waals surface area contributed by atoms with Crippen molar-refractivity contribution >= 4 is 23.6 Å². The predicted octanol–water partition coefficient (Wildman–Crippen LogP) is 5.50. The second kappa shape index (κ2) is 13.8. The van der Waals surface area contributed by atoms with Crippen LogP contribution >= 0.6 is 11.8 Å². The third-order valence-electron chi connectivity index (χ3n) is 6.31. The summed E-state index contributed by atoms with van der Waals surface area (Å²) < 4.78 is 5.08. The van der Waals surface area contributed by atoms with Crippen LogP contribution in [0.4, 0.5) is 0 Å². The molecule has 4 aromatic carbocycles. The summed E-state index contributed by atoms with van der Waals surface area (Å²) in [4.78, 5) is 28.0. The third kappa shape index (κ3) is 7.37. The van der Waals surface area contributed by atoms with Crippen molar-refractivity contribution in [3.05, 3.63) is 144 Å². The van der Waals surface area contributed by atoms with Crippen molar-refractivity contribution in [1.82, 2.24) is 10.2 Å². The van der Waals surface area contributed by atoms with Crippen molar-refractivity contribution in [2.75, 3.05) is 26.4 Å². The van der Waals surface area contributed by atoms with E-state index in [1.54, 1.807) is 16.7 Å². The molecule has 0 radical (unpaired) electrons. The van der Waals surface area contributed by atoms with E-state index in [0.717, 1.165) is 22.3 Å². The number of ether oxygens (including phenoxy) is 1. The second-order valence-corrected chi connectivity index (χ2v) is 10.8. The summed E-state index contributed by atoms with van der Waals surface area (Å²) in [5.74, 6) is -0.376. The van der Waals surface area contributed by atoms with Crippen LogP contribution in [-0.2, 0) is 25.7 Å². The minimum absolute atomic E-state index is 0.144. The smallest absolute Gasteiger partial charge is 0.329 e. The molecule has 4 rings (SSSR count). The predicted molar refractivity (Wildman–Crippen MR) is 158 cm³/mol. The molecule has 5 nitrogen and oxygen atoms in total. The molecule has 0 fully saturated rings. The van der Waals surface area contributed by atoms with Gasteiger partial charge in [-0.2, -0.15) is 0 Å². The molecule has 0 aromatic heterocycles. The number of esters is 1. The summed E-state index contributed by atoms with van der Waals surface area (Å²) in [7, 11) is 3.64. The Balaban J connectivity index is 1.69. The minimum Gasteiger partial charge on any atom is -0.459 e. The highest BCUT2D eigenvalue weighted by molar-refractivity contribution is 8.00. The Labute approximate surface area is 235 Å². The first-order valence-corrected chi connectivity index (χ1v) is 13.9. The normalized spacial score (nSPS) is 12.1. The van der Waals surface area contributed by atoms with Crippen LogP contribution in [-0.4, -0.2) is 49.2 Å². The van der Waals surface area contributed by atoms with Gasteiger partial charge < -0.3 is 15.0 Å². The van der Waals surface area contributed by atoms with Crippen LogP contribution < -0.4 is 5.32 Å². The number of hydrogen-bond donors (Lipinski definition) is 1. The molecule has 0 aliphatic heterocycles. The second-order valence-electron chi connectivity index (χ2n) is 9.54. The van der Waals surface area contributed by atoms with E-state index in [2.05, 4.69) is 41.7 Å². The van der Waals surface area contributed by atoms with Crippen molar-refractivity contribution < 1.29 is 14.3 Å². The third-order valence-corrected chi connectivity index (χ3v) is 7.95. The van der Waals surface area contributed by atoms with Crippen LogP contribution in [0.2, 0.25) is 0 Å². The van der Waals surface area contributed by atoms with Gasteiger partial charge in [0, 0.05) is 5.75 Å². The maximum absolute atomic E-state index is 13.4. The van der Waals surface area contributed by atoms with E-state index in [1.807, 2.05) is 99.0 Å². The summed E-state index contributed by atoms with van der Waals surface area (Å²) in [6.07, 6.45) is 0. The molecule has 0 bridgehead atoms. The van der Waals surface area contributed by atoms with E-state index in [9.17, 15) is 9.59 Å². The molecular weight excluding hydrogens is 504 g/mol. The summed E-state index contributed by atoms with van der Waals surface area (Å²) in [5, 5.41) is 2.94. The minimum atomic E-state index is -0.832. The number of nitrogens with zero attached hydrogens (tertiary/aromatic N) is 1. The Hall–Kier alpha value is -3.87. The zero-order valence-electron chi connectivity index (χ0n) is 22.3. The molecule has 0 aliphatic carbocycles. The fourth-order valence-corrected chi connectivity index (χ4v) is 6.05. The highest BCUT2D eigenvalue weighted by Crippen LogP contribution is 2.48. The number of nitrogens with one attached hydrogen (secondary N) is 1. The summed E-state index contributed by atoms with van der Waals surface area (Å²) >= 11 is 1.62. The van der Waals surface area contributed by atoms with Gasteiger partial charge in [0.25, 0.3) is 0 Å². The molecule has 200 valence electrons. The monoisotopic (exact) mass is 538 g/mol. The van der Waals surface area contributed by atoms with Gasteiger partial charge in [0.05, 0.1) is 11.3 Å². The van der Waals surface area contributed by atoms with Gasteiger partial charge >= 0.3 is 5.97 Å². The Morgan fingerprint density at radius 1 is 0.744 bits per heavy atom. The van der Waals surface area contributed by atoms with Crippen LogP contribution in [0.15, 0.2) is 121 Å². The van der Waals surface area contributed by atoms with E-state index < -0.39 is 16.8 Å². The first-order chi connectivity index (χ1) is 19.0. The summed E-state index contributed by atoms with van der Waals surface area (Å²) in [5.41, 5.74) is 4.15. The van der Waals surface area contributed by atoms with Crippen LogP contribution in [0.5, 0.6) is 0 Å². The first-order valence-electron chi connectivity index (χ1n) is 12.9. The molecule has 4 aromatic rings. The SMILES string of the molecule is CN(C)CC(=O)NC(CSC(c1ccccc1)(c1ccccc1)c1ccccc1)C(=O)OCc1ccccc1. The number of benzene rings is 4. The molecule has 0 saturated heterocycles. The average Bonchev–Trinajstić information content (AvgIpc) is 2.97. The van der Waals surface area contributed by atoms with Crippen molar-refractivity contribution in [2.45, 2.75) is 17.4 Å². The molecule has 1 atom stereocenters. The lowest BCUT2D eigenvalue weighted by Crippen LogP contribution is -2.47. The Kier molecular flexibility index (Phi) is 9.95. The largest absolute Gasteiger partial charge is 0.459 e. The molecule has 1 unspecified atom stereocenters. The number of thioether (sulfide) groups is 1. The van der Waals surface area contributed by atoms with E-state index in [1.165, 1.54) is 0 Å². The maximum Gasteiger partial charge on any atom is 0.329 e. The van der Waals surface area contributed by atoms with Crippen LogP contribution in [0, 0.1) is 0 Å². The van der Waals surface area contributed by atoms with Gasteiger partial charge in [-0.3, -0.25) is 4.79 Å². The lowest BCUT2D eigenvalue weighted by atomic mass is 9.84. The molecular formula is C33H34N2O3S. The van der Waals surface area contributed by atoms with Gasteiger partial charge in [0.15, 0.2) is 0 Å². The topological polar surface area (TPSA) is 58.6 Å². The molecule has 0 aliphatic rings. The number of carbonyl (C=O) groups is 2. The summed E-state index contributed by atoms with van der Waals surface area (Å²) in [6, 6.07) is 39.6. The molecule has 0 saturated carbocycles. The molecule has 39 heavy (non-hydrogen) atoms. The number of rotatable bonds is 12. The Morgan fingerprint density at radius 2 is 1.18 bits per heavy atom. The zero-order chi connectivity index (χ0) is 27.5. The lowest BCUT2D eigenvalue weighted by molar-refractivity contribution is -0.148. The zero-order valence-corrected chi connectivity index (χ0v) is 23.1. The van der Waals surface area contributed by atoms with E-state index in [-0.39, 0.29) is 19.1 Å². The van der Waals surface area contributed by atoms with Crippen LogP contribution in [0.25, 0.3) is 0 Å². The van der Waals surface area contributed by atoms with Gasteiger partial charge in [0.1, 0.15) is 12.6 Å². The van der Waals surface area contributed by atoms with Gasteiger partial charge in [-0.05, 0) is 36.3 Å². The summed E-state index contributed by atoms with van der Waals surface area (Å²) in [6.45, 7) is 0.319. The molecule has 0 spiro atoms. The number of likely N-dealkylation sites (N-methyl/N-ethyl adjacent to an activating group) is 1. The standard InChI is InChI=1S/C33H34N2O3S/c1-35(2)23-31(36)34-30(32(37)38-24-26-15-7-3-8-16-26)25-39-33(27-17-9-4-10-18-27,28-19-11-5-12-20-28)29-21-13-6-14-22-29/h3-22,30H,23-25H2,1-2H3,(H,34,36). The highest BCUT2D eigenvalue weighted by atomic mass is 32.2. The van der Waals surface area contributed by atoms with Crippen molar-refractivity contribution in [2.24, 2.45) is 0 Å². The average molecular weight is 539 g/mol. The fourth-order valence-electron chi connectivity index (χ4n) is 4.50. The molecule has 1 N–H and O–H groups in total.